The van der Waals surface area contributed by atoms with E-state index < -0.39 is 5.56 Å². The minimum Gasteiger partial charge on any atom is -0.267 e. The standard InChI is InChI=1S/C24H20N6O/c1-17-11-18(2)30(24(31)22(17)12-25)27-14-21-16-29(15-19-7-4-3-5-8-19)28-23(21)20-9-6-10-26-13-20/h3-11,13-14,16H,15H2,1-2H3/b27-14+. The van der Waals surface area contributed by atoms with Gasteiger partial charge in [-0.3, -0.25) is 14.5 Å². The minimum atomic E-state index is -0.434. The molecule has 31 heavy (non-hydrogen) atoms. The first kappa shape index (κ1) is 20.0. The Hall–Kier alpha value is -4.31. The van der Waals surface area contributed by atoms with Crippen LogP contribution in [0.25, 0.3) is 11.3 Å². The highest BCUT2D eigenvalue weighted by Crippen LogP contribution is 2.20. The van der Waals surface area contributed by atoms with Crippen molar-refractivity contribution in [2.24, 2.45) is 5.10 Å². The molecule has 4 rings (SSSR count). The molecule has 0 aliphatic rings. The highest BCUT2D eigenvalue weighted by atomic mass is 16.1. The summed E-state index contributed by atoms with van der Waals surface area (Å²) in [6, 6.07) is 17.5. The molecule has 0 radical (unpaired) electrons. The zero-order chi connectivity index (χ0) is 21.8. The Kier molecular flexibility index (Phi) is 5.54. The largest absolute Gasteiger partial charge is 0.289 e. The number of pyridine rings is 2. The van der Waals surface area contributed by atoms with E-state index in [-0.39, 0.29) is 5.56 Å². The predicted octanol–water partition coefficient (Wildman–Crippen LogP) is 3.53. The second kappa shape index (κ2) is 8.59. The molecule has 3 aromatic heterocycles. The quantitative estimate of drug-likeness (QED) is 0.473. The Morgan fingerprint density at radius 3 is 2.68 bits per heavy atom. The maximum absolute atomic E-state index is 12.7. The SMILES string of the molecule is Cc1cc(C)n(/N=C/c2cn(Cc3ccccc3)nc2-c2cccnc2)c(=O)c1C#N. The van der Waals surface area contributed by atoms with E-state index in [4.69, 9.17) is 5.10 Å². The van der Waals surface area contributed by atoms with Crippen LogP contribution in [0, 0.1) is 25.2 Å². The molecule has 7 nitrogen and oxygen atoms in total. The molecule has 0 saturated carbocycles. The minimum absolute atomic E-state index is 0.0926. The van der Waals surface area contributed by atoms with Crippen molar-refractivity contribution in [3.63, 3.8) is 0 Å². The fourth-order valence-electron chi connectivity index (χ4n) is 3.39. The van der Waals surface area contributed by atoms with E-state index in [9.17, 15) is 10.1 Å². The zero-order valence-corrected chi connectivity index (χ0v) is 17.2. The number of nitrogens with zero attached hydrogens (tertiary/aromatic N) is 6. The molecule has 0 bridgehead atoms. The van der Waals surface area contributed by atoms with Gasteiger partial charge in [0.15, 0.2) is 0 Å². The summed E-state index contributed by atoms with van der Waals surface area (Å²) in [6.45, 7) is 4.13. The molecule has 0 spiro atoms. The normalized spacial score (nSPS) is 11.0. The second-order valence-corrected chi connectivity index (χ2v) is 7.17. The number of nitriles is 1. The van der Waals surface area contributed by atoms with Crippen LogP contribution in [0.5, 0.6) is 0 Å². The third kappa shape index (κ3) is 4.19. The molecule has 0 aliphatic carbocycles. The van der Waals surface area contributed by atoms with E-state index in [0.29, 0.717) is 23.5 Å². The second-order valence-electron chi connectivity index (χ2n) is 7.17. The summed E-state index contributed by atoms with van der Waals surface area (Å²) >= 11 is 0. The lowest BCUT2D eigenvalue weighted by Crippen LogP contribution is -2.22. The van der Waals surface area contributed by atoms with Gasteiger partial charge < -0.3 is 0 Å². The number of aromatic nitrogens is 4. The first-order valence-corrected chi connectivity index (χ1v) is 9.76. The van der Waals surface area contributed by atoms with Crippen LogP contribution in [0.2, 0.25) is 0 Å². The summed E-state index contributed by atoms with van der Waals surface area (Å²) < 4.78 is 3.08. The monoisotopic (exact) mass is 408 g/mol. The highest BCUT2D eigenvalue weighted by Gasteiger charge is 2.12. The zero-order valence-electron chi connectivity index (χ0n) is 17.2. The predicted molar refractivity (Wildman–Crippen MR) is 119 cm³/mol. The summed E-state index contributed by atoms with van der Waals surface area (Å²) in [5.74, 6) is 0. The van der Waals surface area contributed by atoms with Gasteiger partial charge in [-0.25, -0.2) is 4.68 Å². The molecule has 0 N–H and O–H groups in total. The molecule has 0 fully saturated rings. The van der Waals surface area contributed by atoms with Crippen molar-refractivity contribution in [2.45, 2.75) is 20.4 Å². The number of hydrogen-bond acceptors (Lipinski definition) is 5. The van der Waals surface area contributed by atoms with Gasteiger partial charge in [-0.05, 0) is 43.2 Å². The molecular formula is C24H20N6O. The average molecular weight is 408 g/mol. The van der Waals surface area contributed by atoms with Crippen molar-refractivity contribution >= 4 is 6.21 Å². The van der Waals surface area contributed by atoms with Crippen LogP contribution in [0.1, 0.15) is 27.9 Å². The number of hydrogen-bond donors (Lipinski definition) is 0. The maximum Gasteiger partial charge on any atom is 0.289 e. The van der Waals surface area contributed by atoms with E-state index in [1.54, 1.807) is 38.5 Å². The molecule has 1 aromatic carbocycles. The summed E-state index contributed by atoms with van der Waals surface area (Å²) in [4.78, 5) is 16.8. The average Bonchev–Trinajstić information content (AvgIpc) is 3.17. The van der Waals surface area contributed by atoms with Gasteiger partial charge in [-0.1, -0.05) is 30.3 Å². The third-order valence-electron chi connectivity index (χ3n) is 4.90. The summed E-state index contributed by atoms with van der Waals surface area (Å²) in [7, 11) is 0. The van der Waals surface area contributed by atoms with Crippen molar-refractivity contribution in [1.29, 1.82) is 5.26 Å². The van der Waals surface area contributed by atoms with Gasteiger partial charge in [0.25, 0.3) is 5.56 Å². The van der Waals surface area contributed by atoms with Crippen LogP contribution in [0.4, 0.5) is 0 Å². The molecule has 3 heterocycles. The van der Waals surface area contributed by atoms with Gasteiger partial charge in [-0.15, -0.1) is 0 Å². The van der Waals surface area contributed by atoms with Crippen LogP contribution >= 0.6 is 0 Å². The van der Waals surface area contributed by atoms with Crippen LogP contribution in [0.3, 0.4) is 0 Å². The van der Waals surface area contributed by atoms with E-state index in [1.807, 2.05) is 59.4 Å². The van der Waals surface area contributed by atoms with E-state index in [2.05, 4.69) is 10.1 Å². The first-order chi connectivity index (χ1) is 15.1. The highest BCUT2D eigenvalue weighted by molar-refractivity contribution is 5.88. The Morgan fingerprint density at radius 2 is 1.97 bits per heavy atom. The fourth-order valence-corrected chi connectivity index (χ4v) is 3.39. The van der Waals surface area contributed by atoms with Crippen molar-refractivity contribution in [3.05, 3.63) is 105 Å². The first-order valence-electron chi connectivity index (χ1n) is 9.76. The molecule has 7 heteroatoms. The number of benzene rings is 1. The summed E-state index contributed by atoms with van der Waals surface area (Å²) in [6.07, 6.45) is 6.93. The van der Waals surface area contributed by atoms with Crippen LogP contribution in [-0.4, -0.2) is 25.7 Å². The molecule has 0 unspecified atom stereocenters. The molecule has 0 saturated heterocycles. The van der Waals surface area contributed by atoms with Crippen LogP contribution < -0.4 is 5.56 Å². The van der Waals surface area contributed by atoms with Gasteiger partial charge in [-0.2, -0.15) is 15.5 Å². The Bertz CT molecular complexity index is 1340. The van der Waals surface area contributed by atoms with E-state index in [1.165, 1.54) is 4.68 Å². The van der Waals surface area contributed by atoms with E-state index >= 15 is 0 Å². The fraction of sp³-hybridized carbons (Fsp3) is 0.125. The van der Waals surface area contributed by atoms with Crippen molar-refractivity contribution in [1.82, 2.24) is 19.4 Å². The maximum atomic E-state index is 12.7. The van der Waals surface area contributed by atoms with Crippen molar-refractivity contribution in [2.75, 3.05) is 0 Å². The van der Waals surface area contributed by atoms with Crippen molar-refractivity contribution in [3.8, 4) is 17.3 Å². The lowest BCUT2D eigenvalue weighted by Gasteiger charge is -2.06. The van der Waals surface area contributed by atoms with E-state index in [0.717, 1.165) is 16.7 Å². The number of rotatable bonds is 5. The smallest absolute Gasteiger partial charge is 0.267 e. The summed E-state index contributed by atoms with van der Waals surface area (Å²) in [5, 5.41) is 18.4. The molecule has 4 aromatic rings. The lowest BCUT2D eigenvalue weighted by molar-refractivity contribution is 0.689. The third-order valence-corrected chi connectivity index (χ3v) is 4.90. The molecule has 0 amide bonds. The number of aryl methyl sites for hydroxylation is 2. The van der Waals surface area contributed by atoms with Gasteiger partial charge >= 0.3 is 0 Å². The molecule has 0 atom stereocenters. The van der Waals surface area contributed by atoms with Gasteiger partial charge in [0, 0.05) is 35.4 Å². The topological polar surface area (TPSA) is 88.9 Å². The molecular weight excluding hydrogens is 388 g/mol. The Morgan fingerprint density at radius 1 is 1.16 bits per heavy atom. The van der Waals surface area contributed by atoms with Crippen LogP contribution in [0.15, 0.2) is 77.0 Å². The Balaban J connectivity index is 1.77. The molecule has 0 aliphatic heterocycles. The van der Waals surface area contributed by atoms with Gasteiger partial charge in [0.1, 0.15) is 17.3 Å². The van der Waals surface area contributed by atoms with Gasteiger partial charge in [0.05, 0.1) is 12.8 Å². The lowest BCUT2D eigenvalue weighted by atomic mass is 10.1. The Labute approximate surface area is 179 Å². The van der Waals surface area contributed by atoms with Crippen molar-refractivity contribution < 1.29 is 0 Å². The van der Waals surface area contributed by atoms with Gasteiger partial charge in [0.2, 0.25) is 0 Å². The van der Waals surface area contributed by atoms with Crippen LogP contribution in [-0.2, 0) is 6.54 Å². The summed E-state index contributed by atoms with van der Waals surface area (Å²) in [5.41, 5.74) is 4.38. The molecule has 152 valence electrons.